The van der Waals surface area contributed by atoms with Gasteiger partial charge in [0.2, 0.25) is 0 Å². The van der Waals surface area contributed by atoms with Crippen molar-refractivity contribution in [2.75, 3.05) is 0 Å². The molecule has 4 nitrogen and oxygen atoms in total. The zero-order chi connectivity index (χ0) is 9.84. The Morgan fingerprint density at radius 3 is 2.60 bits per heavy atom. The highest BCUT2D eigenvalue weighted by atomic mass is 79.9. The molecule has 86 valence electrons. The van der Waals surface area contributed by atoms with Crippen molar-refractivity contribution >= 4 is 55.9 Å². The number of halogens is 3. The van der Waals surface area contributed by atoms with E-state index in [1.807, 2.05) is 0 Å². The van der Waals surface area contributed by atoms with Gasteiger partial charge in [0.1, 0.15) is 10.6 Å². The van der Waals surface area contributed by atoms with Gasteiger partial charge in [0.25, 0.3) is 0 Å². The number of carbonyl (C=O) groups is 1. The summed E-state index contributed by atoms with van der Waals surface area (Å²) in [6.07, 6.45) is 0.245. The quantitative estimate of drug-likeness (QED) is 0.752. The monoisotopic (exact) mass is 404 g/mol. The van der Waals surface area contributed by atoms with E-state index in [1.54, 1.807) is 18.2 Å². The second kappa shape index (κ2) is 8.20. The van der Waals surface area contributed by atoms with Gasteiger partial charge in [0.05, 0.1) is 0 Å². The maximum atomic E-state index is 10.4. The number of rotatable bonds is 3. The highest BCUT2D eigenvalue weighted by Crippen LogP contribution is 2.07. The average molecular weight is 407 g/mol. The summed E-state index contributed by atoms with van der Waals surface area (Å²) in [4.78, 5) is 14.5. The Kier molecular flexibility index (Phi) is 9.53. The Bertz CT molecular complexity index is 323. The lowest BCUT2D eigenvalue weighted by atomic mass is 10.1. The molecule has 0 amide bonds. The van der Waals surface area contributed by atoms with E-state index in [2.05, 4.69) is 20.9 Å². The van der Waals surface area contributed by atoms with Gasteiger partial charge < -0.3 is 10.8 Å². The second-order valence-corrected chi connectivity index (χ2v) is 3.41. The first-order valence-corrected chi connectivity index (χ1v) is 4.48. The van der Waals surface area contributed by atoms with E-state index in [0.29, 0.717) is 10.3 Å². The normalized spacial score (nSPS) is 10.8. The number of pyridine rings is 1. The summed E-state index contributed by atoms with van der Waals surface area (Å²) in [5.41, 5.74) is 6.01. The first-order valence-electron chi connectivity index (χ1n) is 3.69. The molecule has 1 rings (SSSR count). The number of carboxylic acids is 1. The van der Waals surface area contributed by atoms with Crippen LogP contribution in [0.25, 0.3) is 0 Å². The number of aliphatic carboxylic acids is 1. The molecule has 0 bridgehead atoms. The summed E-state index contributed by atoms with van der Waals surface area (Å²) < 4.78 is 0.683. The molecule has 0 fully saturated rings. The Morgan fingerprint density at radius 1 is 1.53 bits per heavy atom. The summed E-state index contributed by atoms with van der Waals surface area (Å²) in [5, 5.41) is 8.55. The molecule has 1 unspecified atom stereocenters. The lowest BCUT2D eigenvalue weighted by Crippen LogP contribution is -2.32. The van der Waals surface area contributed by atoms with Crippen LogP contribution >= 0.6 is 49.9 Å². The van der Waals surface area contributed by atoms with Crippen LogP contribution in [0.1, 0.15) is 5.69 Å². The third-order valence-electron chi connectivity index (χ3n) is 1.52. The molecular weight excluding hydrogens is 396 g/mol. The molecule has 1 aromatic rings. The van der Waals surface area contributed by atoms with Crippen LogP contribution in [0.4, 0.5) is 0 Å². The zero-order valence-corrected chi connectivity index (χ0v) is 12.6. The second-order valence-electron chi connectivity index (χ2n) is 2.60. The smallest absolute Gasteiger partial charge is 0.320 e. The van der Waals surface area contributed by atoms with E-state index in [0.717, 1.165) is 0 Å². The number of carboxylic acid groups (broad SMARTS) is 1. The minimum Gasteiger partial charge on any atom is -0.480 e. The summed E-state index contributed by atoms with van der Waals surface area (Å²) in [6.45, 7) is 0. The summed E-state index contributed by atoms with van der Waals surface area (Å²) in [7, 11) is 0. The van der Waals surface area contributed by atoms with Gasteiger partial charge in [0.15, 0.2) is 0 Å². The molecule has 1 atom stereocenters. The predicted octanol–water partition coefficient (Wildman–Crippen LogP) is 1.95. The van der Waals surface area contributed by atoms with Crippen molar-refractivity contribution < 1.29 is 9.90 Å². The van der Waals surface area contributed by atoms with Gasteiger partial charge in [-0.05, 0) is 28.1 Å². The van der Waals surface area contributed by atoms with E-state index in [4.69, 9.17) is 10.8 Å². The van der Waals surface area contributed by atoms with Crippen molar-refractivity contribution in [2.45, 2.75) is 12.5 Å². The molecule has 0 aliphatic carbocycles. The summed E-state index contributed by atoms with van der Waals surface area (Å²) >= 11 is 3.19. The molecule has 0 spiro atoms. The van der Waals surface area contributed by atoms with E-state index < -0.39 is 12.0 Å². The first-order chi connectivity index (χ1) is 6.09. The standard InChI is InChI=1S/C8H9BrN2O2.2BrH/c9-7-3-1-2-5(11-7)4-6(10)8(12)13;;/h1-3,6H,4,10H2,(H,12,13);2*1H. The van der Waals surface area contributed by atoms with E-state index in [-0.39, 0.29) is 40.4 Å². The number of hydrogen-bond donors (Lipinski definition) is 2. The molecule has 3 N–H and O–H groups in total. The fraction of sp³-hybridized carbons (Fsp3) is 0.250. The molecule has 0 aliphatic rings. The highest BCUT2D eigenvalue weighted by molar-refractivity contribution is 9.10. The van der Waals surface area contributed by atoms with Gasteiger partial charge in [-0.3, -0.25) is 4.79 Å². The molecule has 7 heteroatoms. The third-order valence-corrected chi connectivity index (χ3v) is 1.96. The minimum atomic E-state index is -1.01. The van der Waals surface area contributed by atoms with Crippen LogP contribution in [0.3, 0.4) is 0 Å². The van der Waals surface area contributed by atoms with Crippen LogP contribution in [-0.4, -0.2) is 22.1 Å². The fourth-order valence-electron chi connectivity index (χ4n) is 0.877. The van der Waals surface area contributed by atoms with Crippen LogP contribution in [0.5, 0.6) is 0 Å². The maximum absolute atomic E-state index is 10.4. The van der Waals surface area contributed by atoms with Crippen molar-refractivity contribution in [2.24, 2.45) is 5.73 Å². The third kappa shape index (κ3) is 6.24. The SMILES string of the molecule is Br.Br.NC(Cc1cccc(Br)n1)C(=O)O. The van der Waals surface area contributed by atoms with Crippen LogP contribution in [0.2, 0.25) is 0 Å². The average Bonchev–Trinajstić information content (AvgIpc) is 2.04. The number of hydrogen-bond acceptors (Lipinski definition) is 3. The minimum absolute atomic E-state index is 0. The molecule has 0 saturated heterocycles. The lowest BCUT2D eigenvalue weighted by Gasteiger charge is -2.05. The molecule has 0 aromatic carbocycles. The Morgan fingerprint density at radius 2 is 2.13 bits per heavy atom. The van der Waals surface area contributed by atoms with Crippen molar-refractivity contribution in [3.05, 3.63) is 28.5 Å². The number of nitrogens with zero attached hydrogens (tertiary/aromatic N) is 1. The molecule has 15 heavy (non-hydrogen) atoms. The largest absolute Gasteiger partial charge is 0.480 e. The van der Waals surface area contributed by atoms with Gasteiger partial charge >= 0.3 is 5.97 Å². The van der Waals surface area contributed by atoms with Crippen LogP contribution in [0.15, 0.2) is 22.8 Å². The van der Waals surface area contributed by atoms with Crippen molar-refractivity contribution in [3.8, 4) is 0 Å². The fourth-order valence-corrected chi connectivity index (χ4v) is 1.26. The highest BCUT2D eigenvalue weighted by Gasteiger charge is 2.12. The van der Waals surface area contributed by atoms with E-state index in [9.17, 15) is 4.79 Å². The molecule has 0 radical (unpaired) electrons. The van der Waals surface area contributed by atoms with Crippen LogP contribution in [0, 0.1) is 0 Å². The Hall–Kier alpha value is 0.0200. The summed E-state index contributed by atoms with van der Waals surface area (Å²) in [5.74, 6) is -1.01. The Balaban J connectivity index is 0. The zero-order valence-electron chi connectivity index (χ0n) is 7.59. The van der Waals surface area contributed by atoms with Crippen LogP contribution in [-0.2, 0) is 11.2 Å². The summed E-state index contributed by atoms with van der Waals surface area (Å²) in [6, 6.07) is 4.42. The predicted molar refractivity (Wildman–Crippen MR) is 71.9 cm³/mol. The van der Waals surface area contributed by atoms with E-state index in [1.165, 1.54) is 0 Å². The van der Waals surface area contributed by atoms with Gasteiger partial charge in [0, 0.05) is 12.1 Å². The van der Waals surface area contributed by atoms with Gasteiger partial charge in [-0.15, -0.1) is 34.0 Å². The van der Waals surface area contributed by atoms with Crippen molar-refractivity contribution in [1.82, 2.24) is 4.98 Å². The Labute approximate surface area is 117 Å². The molecule has 0 saturated carbocycles. The van der Waals surface area contributed by atoms with Gasteiger partial charge in [-0.1, -0.05) is 6.07 Å². The van der Waals surface area contributed by atoms with Crippen LogP contribution < -0.4 is 5.73 Å². The molecule has 0 aliphatic heterocycles. The molecule has 1 aromatic heterocycles. The molecule has 1 heterocycles. The number of aromatic nitrogens is 1. The lowest BCUT2D eigenvalue weighted by molar-refractivity contribution is -0.138. The van der Waals surface area contributed by atoms with E-state index >= 15 is 0 Å². The topological polar surface area (TPSA) is 76.2 Å². The van der Waals surface area contributed by atoms with Gasteiger partial charge in [-0.2, -0.15) is 0 Å². The molecular formula is C8H11Br3N2O2. The van der Waals surface area contributed by atoms with Gasteiger partial charge in [-0.25, -0.2) is 4.98 Å². The van der Waals surface area contributed by atoms with Crippen molar-refractivity contribution in [3.63, 3.8) is 0 Å². The maximum Gasteiger partial charge on any atom is 0.320 e. The first kappa shape index (κ1) is 17.4. The number of nitrogens with two attached hydrogens (primary N) is 1. The van der Waals surface area contributed by atoms with Crippen molar-refractivity contribution in [1.29, 1.82) is 0 Å².